The van der Waals surface area contributed by atoms with E-state index in [-0.39, 0.29) is 11.8 Å². The Balaban J connectivity index is 1.86. The van der Waals surface area contributed by atoms with E-state index in [9.17, 15) is 9.59 Å². The van der Waals surface area contributed by atoms with Crippen molar-refractivity contribution in [2.75, 3.05) is 16.8 Å². The Morgan fingerprint density at radius 2 is 2.08 bits per heavy atom. The molecular weight excluding hydrogens is 322 g/mol. The number of hydrogen-bond acceptors (Lipinski definition) is 4. The molecule has 24 heavy (non-hydrogen) atoms. The standard InChI is InChI=1S/C18H21N3O2S/c1-11(2)18-19-12(3)16(24-18)17(23)20-13-7-4-5-8-14(13)21-10-6-9-15(21)22/h4-5,7-8,11H,6,9-10H2,1-3H3,(H,20,23). The van der Waals surface area contributed by atoms with Crippen LogP contribution in [0.4, 0.5) is 11.4 Å². The van der Waals surface area contributed by atoms with Crippen molar-refractivity contribution in [3.63, 3.8) is 0 Å². The Morgan fingerprint density at radius 3 is 2.71 bits per heavy atom. The van der Waals surface area contributed by atoms with Crippen molar-refractivity contribution in [3.8, 4) is 0 Å². The summed E-state index contributed by atoms with van der Waals surface area (Å²) < 4.78 is 0. The monoisotopic (exact) mass is 343 g/mol. The molecule has 0 atom stereocenters. The van der Waals surface area contributed by atoms with Gasteiger partial charge in [0.25, 0.3) is 5.91 Å². The zero-order valence-electron chi connectivity index (χ0n) is 14.1. The number of aromatic nitrogens is 1. The van der Waals surface area contributed by atoms with Crippen molar-refractivity contribution in [1.29, 1.82) is 0 Å². The largest absolute Gasteiger partial charge is 0.319 e. The van der Waals surface area contributed by atoms with Crippen LogP contribution in [-0.2, 0) is 4.79 Å². The zero-order valence-corrected chi connectivity index (χ0v) is 14.9. The highest BCUT2D eigenvalue weighted by Gasteiger charge is 2.25. The van der Waals surface area contributed by atoms with Gasteiger partial charge >= 0.3 is 0 Å². The summed E-state index contributed by atoms with van der Waals surface area (Å²) in [6.45, 7) is 6.68. The second-order valence-electron chi connectivity index (χ2n) is 6.24. The summed E-state index contributed by atoms with van der Waals surface area (Å²) in [5, 5.41) is 3.91. The summed E-state index contributed by atoms with van der Waals surface area (Å²) in [4.78, 5) is 31.5. The van der Waals surface area contributed by atoms with Crippen LogP contribution >= 0.6 is 11.3 Å². The van der Waals surface area contributed by atoms with Gasteiger partial charge in [-0.15, -0.1) is 11.3 Å². The minimum atomic E-state index is -0.170. The Morgan fingerprint density at radius 1 is 1.33 bits per heavy atom. The van der Waals surface area contributed by atoms with Crippen molar-refractivity contribution in [2.45, 2.75) is 39.5 Å². The van der Waals surface area contributed by atoms with E-state index in [1.165, 1.54) is 11.3 Å². The summed E-state index contributed by atoms with van der Waals surface area (Å²) in [6, 6.07) is 7.45. The molecule has 2 heterocycles. The van der Waals surface area contributed by atoms with Gasteiger partial charge in [0.1, 0.15) is 4.88 Å². The van der Waals surface area contributed by atoms with Crippen molar-refractivity contribution in [2.24, 2.45) is 0 Å². The van der Waals surface area contributed by atoms with Crippen LogP contribution in [0.2, 0.25) is 0 Å². The number of nitrogens with zero attached hydrogens (tertiary/aromatic N) is 2. The van der Waals surface area contributed by atoms with Crippen LogP contribution in [0.5, 0.6) is 0 Å². The van der Waals surface area contributed by atoms with E-state index in [0.717, 1.165) is 22.8 Å². The van der Waals surface area contributed by atoms with Crippen LogP contribution in [0.1, 0.15) is 53.0 Å². The summed E-state index contributed by atoms with van der Waals surface area (Å²) in [5.74, 6) is 0.230. The normalized spacial score (nSPS) is 14.5. The first kappa shape index (κ1) is 16.6. The van der Waals surface area contributed by atoms with Gasteiger partial charge in [0, 0.05) is 18.9 Å². The van der Waals surface area contributed by atoms with Crippen molar-refractivity contribution < 1.29 is 9.59 Å². The lowest BCUT2D eigenvalue weighted by Crippen LogP contribution is -2.25. The molecule has 1 fully saturated rings. The lowest BCUT2D eigenvalue weighted by molar-refractivity contribution is -0.117. The van der Waals surface area contributed by atoms with Crippen molar-refractivity contribution >= 4 is 34.5 Å². The number of aryl methyl sites for hydroxylation is 1. The number of para-hydroxylation sites is 2. The predicted octanol–water partition coefficient (Wildman–Crippen LogP) is 3.95. The van der Waals surface area contributed by atoms with Crippen LogP contribution in [0, 0.1) is 6.92 Å². The maximum Gasteiger partial charge on any atom is 0.267 e. The Kier molecular flexibility index (Phi) is 4.66. The summed E-state index contributed by atoms with van der Waals surface area (Å²) >= 11 is 1.43. The number of thiazole rings is 1. The molecular formula is C18H21N3O2S. The molecule has 1 N–H and O–H groups in total. The zero-order chi connectivity index (χ0) is 17.3. The first-order chi connectivity index (χ1) is 11.5. The minimum absolute atomic E-state index is 0.104. The number of anilines is 2. The summed E-state index contributed by atoms with van der Waals surface area (Å²) in [5.41, 5.74) is 2.17. The molecule has 2 aromatic rings. The highest BCUT2D eigenvalue weighted by Crippen LogP contribution is 2.31. The lowest BCUT2D eigenvalue weighted by Gasteiger charge is -2.19. The van der Waals surface area contributed by atoms with Gasteiger partial charge < -0.3 is 10.2 Å². The number of carbonyl (C=O) groups excluding carboxylic acids is 2. The van der Waals surface area contributed by atoms with E-state index in [0.29, 0.717) is 29.4 Å². The molecule has 0 aliphatic carbocycles. The maximum atomic E-state index is 12.7. The molecule has 126 valence electrons. The van der Waals surface area contributed by atoms with Crippen LogP contribution in [0.3, 0.4) is 0 Å². The fourth-order valence-corrected chi connectivity index (χ4v) is 3.74. The molecule has 0 bridgehead atoms. The minimum Gasteiger partial charge on any atom is -0.319 e. The van der Waals surface area contributed by atoms with Crippen LogP contribution in [-0.4, -0.2) is 23.3 Å². The molecule has 3 rings (SSSR count). The van der Waals surface area contributed by atoms with Crippen molar-refractivity contribution in [1.82, 2.24) is 4.98 Å². The van der Waals surface area contributed by atoms with Crippen LogP contribution in [0.15, 0.2) is 24.3 Å². The van der Waals surface area contributed by atoms with Gasteiger partial charge in [-0.3, -0.25) is 9.59 Å². The fourth-order valence-electron chi connectivity index (χ4n) is 2.77. The van der Waals surface area contributed by atoms with Gasteiger partial charge in [-0.1, -0.05) is 26.0 Å². The van der Waals surface area contributed by atoms with Crippen LogP contribution in [0.25, 0.3) is 0 Å². The number of carbonyl (C=O) groups is 2. The Labute approximate surface area is 145 Å². The third-order valence-electron chi connectivity index (χ3n) is 4.03. The van der Waals surface area contributed by atoms with E-state index in [1.54, 1.807) is 4.90 Å². The van der Waals surface area contributed by atoms with Crippen LogP contribution < -0.4 is 10.2 Å². The molecule has 2 amide bonds. The summed E-state index contributed by atoms with van der Waals surface area (Å²) in [6.07, 6.45) is 1.42. The third-order valence-corrected chi connectivity index (χ3v) is 5.49. The number of hydrogen-bond donors (Lipinski definition) is 1. The molecule has 1 aliphatic heterocycles. The second kappa shape index (κ2) is 6.73. The molecule has 0 saturated carbocycles. The number of rotatable bonds is 4. The smallest absolute Gasteiger partial charge is 0.267 e. The van der Waals surface area contributed by atoms with Gasteiger partial charge in [0.05, 0.1) is 22.1 Å². The van der Waals surface area contributed by atoms with E-state index >= 15 is 0 Å². The Hall–Kier alpha value is -2.21. The number of nitrogens with one attached hydrogen (secondary N) is 1. The van der Waals surface area contributed by atoms with E-state index in [2.05, 4.69) is 24.1 Å². The highest BCUT2D eigenvalue weighted by atomic mass is 32.1. The highest BCUT2D eigenvalue weighted by molar-refractivity contribution is 7.14. The first-order valence-electron chi connectivity index (χ1n) is 8.15. The van der Waals surface area contributed by atoms with E-state index in [1.807, 2.05) is 31.2 Å². The van der Waals surface area contributed by atoms with Gasteiger partial charge in [-0.25, -0.2) is 4.98 Å². The molecule has 1 saturated heterocycles. The number of amides is 2. The average molecular weight is 343 g/mol. The molecule has 0 unspecified atom stereocenters. The SMILES string of the molecule is Cc1nc(C(C)C)sc1C(=O)Nc1ccccc1N1CCCC1=O. The molecule has 5 nitrogen and oxygen atoms in total. The van der Waals surface area contributed by atoms with Gasteiger partial charge in [-0.05, 0) is 25.5 Å². The van der Waals surface area contributed by atoms with E-state index in [4.69, 9.17) is 0 Å². The quantitative estimate of drug-likeness (QED) is 0.914. The fraction of sp³-hybridized carbons (Fsp3) is 0.389. The molecule has 6 heteroatoms. The predicted molar refractivity (Wildman–Crippen MR) is 96.9 cm³/mol. The van der Waals surface area contributed by atoms with E-state index < -0.39 is 0 Å². The molecule has 0 radical (unpaired) electrons. The second-order valence-corrected chi connectivity index (χ2v) is 7.27. The first-order valence-corrected chi connectivity index (χ1v) is 8.97. The van der Waals surface area contributed by atoms with Gasteiger partial charge in [-0.2, -0.15) is 0 Å². The molecule has 1 aliphatic rings. The van der Waals surface area contributed by atoms with Crippen molar-refractivity contribution in [3.05, 3.63) is 39.8 Å². The third kappa shape index (κ3) is 3.19. The Bertz CT molecular complexity index is 782. The topological polar surface area (TPSA) is 62.3 Å². The molecule has 1 aromatic carbocycles. The lowest BCUT2D eigenvalue weighted by atomic mass is 10.2. The van der Waals surface area contributed by atoms with Gasteiger partial charge in [0.15, 0.2) is 0 Å². The average Bonchev–Trinajstić information content (AvgIpc) is 3.14. The molecule has 0 spiro atoms. The van der Waals surface area contributed by atoms with Gasteiger partial charge in [0.2, 0.25) is 5.91 Å². The number of benzene rings is 1. The maximum absolute atomic E-state index is 12.7. The summed E-state index contributed by atoms with van der Waals surface area (Å²) in [7, 11) is 0. The molecule has 1 aromatic heterocycles.